The van der Waals surface area contributed by atoms with Crippen LogP contribution in [0, 0.1) is 5.82 Å². The Morgan fingerprint density at radius 3 is 2.24 bits per heavy atom. The second kappa shape index (κ2) is 9.18. The molecule has 0 atom stereocenters. The maximum atomic E-state index is 12.9. The summed E-state index contributed by atoms with van der Waals surface area (Å²) in [7, 11) is 0. The molecule has 2 amide bonds. The molecular formula is C19H20ClFN2O2. The standard InChI is InChI=1S/C19H20ClFN2O2/c1-14(24)23(13-16-4-8-18(21)9-5-16)11-10-19(25)22-12-15-2-6-17(20)7-3-15/h2-9H,10-13H2,1H3,(H,22,25). The normalized spacial score (nSPS) is 10.4. The van der Waals surface area contributed by atoms with Crippen LogP contribution in [0.4, 0.5) is 4.39 Å². The fourth-order valence-corrected chi connectivity index (χ4v) is 2.41. The van der Waals surface area contributed by atoms with Crippen molar-refractivity contribution in [1.29, 1.82) is 0 Å². The van der Waals surface area contributed by atoms with E-state index >= 15 is 0 Å². The molecule has 0 aliphatic rings. The zero-order valence-corrected chi connectivity index (χ0v) is 14.7. The third-order valence-electron chi connectivity index (χ3n) is 3.74. The number of carbonyl (C=O) groups excluding carboxylic acids is 2. The number of nitrogens with one attached hydrogen (secondary N) is 1. The van der Waals surface area contributed by atoms with Crippen LogP contribution in [0.15, 0.2) is 48.5 Å². The first-order valence-corrected chi connectivity index (χ1v) is 8.33. The van der Waals surface area contributed by atoms with E-state index in [4.69, 9.17) is 11.6 Å². The average Bonchev–Trinajstić information content (AvgIpc) is 2.59. The second-order valence-electron chi connectivity index (χ2n) is 5.72. The second-order valence-corrected chi connectivity index (χ2v) is 6.16. The summed E-state index contributed by atoms with van der Waals surface area (Å²) in [5.41, 5.74) is 1.77. The lowest BCUT2D eigenvalue weighted by molar-refractivity contribution is -0.130. The number of halogens is 2. The van der Waals surface area contributed by atoms with Gasteiger partial charge in [0.15, 0.2) is 0 Å². The van der Waals surface area contributed by atoms with Gasteiger partial charge in [0.2, 0.25) is 11.8 Å². The van der Waals surface area contributed by atoms with Gasteiger partial charge in [-0.05, 0) is 35.4 Å². The summed E-state index contributed by atoms with van der Waals surface area (Å²) < 4.78 is 12.9. The SMILES string of the molecule is CC(=O)N(CCC(=O)NCc1ccc(Cl)cc1)Cc1ccc(F)cc1. The van der Waals surface area contributed by atoms with Gasteiger partial charge in [-0.25, -0.2) is 4.39 Å². The van der Waals surface area contributed by atoms with Gasteiger partial charge in [-0.3, -0.25) is 9.59 Å². The maximum absolute atomic E-state index is 12.9. The van der Waals surface area contributed by atoms with Crippen molar-refractivity contribution in [3.05, 3.63) is 70.5 Å². The van der Waals surface area contributed by atoms with Gasteiger partial charge in [0, 0.05) is 38.0 Å². The molecule has 0 fully saturated rings. The van der Waals surface area contributed by atoms with Crippen molar-refractivity contribution in [1.82, 2.24) is 10.2 Å². The van der Waals surface area contributed by atoms with Crippen molar-refractivity contribution in [3.63, 3.8) is 0 Å². The number of carbonyl (C=O) groups is 2. The Bertz CT molecular complexity index is 717. The van der Waals surface area contributed by atoms with E-state index in [-0.39, 0.29) is 24.1 Å². The Kier molecular flexibility index (Phi) is 6.95. The number of amides is 2. The van der Waals surface area contributed by atoms with E-state index in [1.54, 1.807) is 29.2 Å². The first-order chi connectivity index (χ1) is 11.9. The van der Waals surface area contributed by atoms with Crippen molar-refractivity contribution < 1.29 is 14.0 Å². The Balaban J connectivity index is 1.81. The molecular weight excluding hydrogens is 343 g/mol. The predicted octanol–water partition coefficient (Wildman–Crippen LogP) is 3.53. The molecule has 0 aromatic heterocycles. The molecule has 0 radical (unpaired) electrons. The Labute approximate surface area is 151 Å². The maximum Gasteiger partial charge on any atom is 0.222 e. The molecule has 1 N–H and O–H groups in total. The highest BCUT2D eigenvalue weighted by Crippen LogP contribution is 2.10. The van der Waals surface area contributed by atoms with E-state index < -0.39 is 0 Å². The van der Waals surface area contributed by atoms with Crippen LogP contribution < -0.4 is 5.32 Å². The van der Waals surface area contributed by atoms with E-state index in [1.807, 2.05) is 12.1 Å². The lowest BCUT2D eigenvalue weighted by Gasteiger charge is -2.21. The van der Waals surface area contributed by atoms with Gasteiger partial charge in [0.05, 0.1) is 0 Å². The van der Waals surface area contributed by atoms with E-state index in [9.17, 15) is 14.0 Å². The molecule has 0 saturated heterocycles. The summed E-state index contributed by atoms with van der Waals surface area (Å²) in [6, 6.07) is 13.2. The van der Waals surface area contributed by atoms with Crippen molar-refractivity contribution in [2.75, 3.05) is 6.54 Å². The summed E-state index contributed by atoms with van der Waals surface area (Å²) in [6.45, 7) is 2.52. The molecule has 2 aromatic rings. The minimum absolute atomic E-state index is 0.130. The molecule has 2 rings (SSSR count). The summed E-state index contributed by atoms with van der Waals surface area (Å²) in [6.07, 6.45) is 0.203. The Morgan fingerprint density at radius 1 is 1.04 bits per heavy atom. The van der Waals surface area contributed by atoms with Crippen LogP contribution >= 0.6 is 11.6 Å². The molecule has 0 bridgehead atoms. The third kappa shape index (κ3) is 6.55. The quantitative estimate of drug-likeness (QED) is 0.819. The summed E-state index contributed by atoms with van der Waals surface area (Å²) in [5.74, 6) is -0.588. The van der Waals surface area contributed by atoms with Crippen molar-refractivity contribution in [2.24, 2.45) is 0 Å². The molecule has 0 aliphatic heterocycles. The molecule has 2 aromatic carbocycles. The lowest BCUT2D eigenvalue weighted by Crippen LogP contribution is -2.33. The number of hydrogen-bond donors (Lipinski definition) is 1. The Morgan fingerprint density at radius 2 is 1.64 bits per heavy atom. The zero-order valence-electron chi connectivity index (χ0n) is 14.0. The number of hydrogen-bond acceptors (Lipinski definition) is 2. The fourth-order valence-electron chi connectivity index (χ4n) is 2.29. The van der Waals surface area contributed by atoms with Gasteiger partial charge < -0.3 is 10.2 Å². The lowest BCUT2D eigenvalue weighted by atomic mass is 10.2. The third-order valence-corrected chi connectivity index (χ3v) is 4.00. The van der Waals surface area contributed by atoms with Crippen LogP contribution in [0.2, 0.25) is 5.02 Å². The van der Waals surface area contributed by atoms with Gasteiger partial charge >= 0.3 is 0 Å². The van der Waals surface area contributed by atoms with Crippen molar-refractivity contribution >= 4 is 23.4 Å². The first-order valence-electron chi connectivity index (χ1n) is 7.95. The predicted molar refractivity (Wildman–Crippen MR) is 95.4 cm³/mol. The number of nitrogens with zero attached hydrogens (tertiary/aromatic N) is 1. The van der Waals surface area contributed by atoms with Crippen LogP contribution in [-0.4, -0.2) is 23.3 Å². The van der Waals surface area contributed by atoms with Crippen LogP contribution in [0.3, 0.4) is 0 Å². The minimum Gasteiger partial charge on any atom is -0.352 e. The highest BCUT2D eigenvalue weighted by atomic mass is 35.5. The molecule has 0 saturated carbocycles. The van der Waals surface area contributed by atoms with Gasteiger partial charge in [0.25, 0.3) is 0 Å². The molecule has 0 aliphatic carbocycles. The average molecular weight is 363 g/mol. The van der Waals surface area contributed by atoms with E-state index in [1.165, 1.54) is 19.1 Å². The highest BCUT2D eigenvalue weighted by Gasteiger charge is 2.12. The fraction of sp³-hybridized carbons (Fsp3) is 0.263. The molecule has 0 unspecified atom stereocenters. The van der Waals surface area contributed by atoms with Gasteiger partial charge in [-0.2, -0.15) is 0 Å². The summed E-state index contributed by atoms with van der Waals surface area (Å²) in [4.78, 5) is 25.3. The monoisotopic (exact) mass is 362 g/mol. The largest absolute Gasteiger partial charge is 0.352 e. The van der Waals surface area contributed by atoms with E-state index in [2.05, 4.69) is 5.32 Å². The molecule has 132 valence electrons. The molecule has 4 nitrogen and oxygen atoms in total. The van der Waals surface area contributed by atoms with Gasteiger partial charge in [0.1, 0.15) is 5.82 Å². The van der Waals surface area contributed by atoms with E-state index in [0.29, 0.717) is 24.7 Å². The Hall–Kier alpha value is -2.40. The highest BCUT2D eigenvalue weighted by molar-refractivity contribution is 6.30. The van der Waals surface area contributed by atoms with E-state index in [0.717, 1.165) is 11.1 Å². The zero-order chi connectivity index (χ0) is 18.2. The molecule has 0 spiro atoms. The summed E-state index contributed by atoms with van der Waals surface area (Å²) in [5, 5.41) is 3.46. The molecule has 6 heteroatoms. The van der Waals surface area contributed by atoms with Crippen molar-refractivity contribution in [3.8, 4) is 0 Å². The first kappa shape index (κ1) is 18.9. The smallest absolute Gasteiger partial charge is 0.222 e. The number of rotatable bonds is 7. The van der Waals surface area contributed by atoms with Crippen molar-refractivity contribution in [2.45, 2.75) is 26.4 Å². The molecule has 0 heterocycles. The van der Waals surface area contributed by atoms with Gasteiger partial charge in [-0.1, -0.05) is 35.9 Å². The number of benzene rings is 2. The van der Waals surface area contributed by atoms with Crippen LogP contribution in [0.1, 0.15) is 24.5 Å². The minimum atomic E-state index is -0.320. The van der Waals surface area contributed by atoms with Crippen LogP contribution in [-0.2, 0) is 22.7 Å². The summed E-state index contributed by atoms with van der Waals surface area (Å²) >= 11 is 5.82. The van der Waals surface area contributed by atoms with Crippen LogP contribution in [0.5, 0.6) is 0 Å². The van der Waals surface area contributed by atoms with Gasteiger partial charge in [-0.15, -0.1) is 0 Å². The van der Waals surface area contributed by atoms with Crippen LogP contribution in [0.25, 0.3) is 0 Å². The topological polar surface area (TPSA) is 49.4 Å². The molecule has 25 heavy (non-hydrogen) atoms.